The number of anilines is 2. The quantitative estimate of drug-likeness (QED) is 0.393. The molecule has 0 fully saturated rings. The first-order valence-electron chi connectivity index (χ1n) is 10.4. The number of fused-ring (bicyclic) bond motifs is 1. The average Bonchev–Trinajstić information content (AvgIpc) is 3.37. The number of rotatable bonds is 6. The second kappa shape index (κ2) is 9.05. The zero-order valence-electron chi connectivity index (χ0n) is 18.5. The Morgan fingerprint density at radius 1 is 1.00 bits per heavy atom. The van der Waals surface area contributed by atoms with Gasteiger partial charge in [0.2, 0.25) is 5.91 Å². The monoisotopic (exact) mass is 470 g/mol. The number of aryl methyl sites for hydroxylation is 1. The first kappa shape index (κ1) is 23.1. The van der Waals surface area contributed by atoms with Gasteiger partial charge in [-0.3, -0.25) is 9.59 Å². The van der Waals surface area contributed by atoms with Crippen LogP contribution in [0.3, 0.4) is 0 Å². The number of hydrogen-bond donors (Lipinski definition) is 2. The van der Waals surface area contributed by atoms with Crippen LogP contribution in [0.25, 0.3) is 11.0 Å². The molecule has 2 N–H and O–H groups in total. The van der Waals surface area contributed by atoms with Crippen LogP contribution in [0.5, 0.6) is 0 Å². The summed E-state index contributed by atoms with van der Waals surface area (Å²) in [5.41, 5.74) is 0.825. The van der Waals surface area contributed by atoms with Gasteiger partial charge in [0.25, 0.3) is 5.91 Å². The van der Waals surface area contributed by atoms with Crippen LogP contribution in [0.15, 0.2) is 53.4 Å². The van der Waals surface area contributed by atoms with Crippen LogP contribution >= 0.6 is 0 Å². The molecule has 4 rings (SSSR count). The first-order valence-corrected chi connectivity index (χ1v) is 10.4. The lowest BCUT2D eigenvalue weighted by Crippen LogP contribution is -2.29. The molecule has 0 bridgehead atoms. The molecule has 0 aliphatic heterocycles. The fourth-order valence-electron chi connectivity index (χ4n) is 3.72. The van der Waals surface area contributed by atoms with Gasteiger partial charge in [-0.05, 0) is 37.1 Å². The molecule has 2 heterocycles. The summed E-state index contributed by atoms with van der Waals surface area (Å²) in [7, 11) is 0. The van der Waals surface area contributed by atoms with Crippen LogP contribution in [-0.4, -0.2) is 21.4 Å². The summed E-state index contributed by atoms with van der Waals surface area (Å²) in [4.78, 5) is 29.7. The summed E-state index contributed by atoms with van der Waals surface area (Å²) in [6.07, 6.45) is 2.70. The Labute approximate surface area is 192 Å². The van der Waals surface area contributed by atoms with E-state index < -0.39 is 35.3 Å². The fraction of sp³-hybridized carbons (Fsp3) is 0.208. The Morgan fingerprint density at radius 2 is 1.74 bits per heavy atom. The van der Waals surface area contributed by atoms with Gasteiger partial charge in [0.15, 0.2) is 11.6 Å². The number of furan rings is 1. The van der Waals surface area contributed by atoms with Crippen molar-refractivity contribution in [2.24, 2.45) is 5.92 Å². The molecule has 4 aromatic rings. The molecule has 0 aliphatic rings. The number of aromatic nitrogens is 2. The number of halogens is 3. The number of nitrogens with zero attached hydrogens (tertiary/aromatic N) is 2. The molecule has 176 valence electrons. The molecular weight excluding hydrogens is 449 g/mol. The molecular formula is C24H21F3N4O3. The number of amides is 2. The van der Waals surface area contributed by atoms with E-state index in [0.717, 1.165) is 18.2 Å². The van der Waals surface area contributed by atoms with E-state index in [4.69, 9.17) is 4.42 Å². The molecule has 0 radical (unpaired) electrons. The Hall–Kier alpha value is -4.08. The Bertz CT molecular complexity index is 1390. The largest absolute Gasteiger partial charge is 0.469 e. The maximum absolute atomic E-state index is 14.3. The van der Waals surface area contributed by atoms with Crippen molar-refractivity contribution in [2.45, 2.75) is 26.8 Å². The summed E-state index contributed by atoms with van der Waals surface area (Å²) < 4.78 is 48.3. The van der Waals surface area contributed by atoms with Crippen molar-refractivity contribution >= 4 is 34.2 Å². The van der Waals surface area contributed by atoms with E-state index in [2.05, 4.69) is 15.6 Å². The molecule has 34 heavy (non-hydrogen) atoms. The molecule has 1 atom stereocenters. The van der Waals surface area contributed by atoms with Gasteiger partial charge in [0.1, 0.15) is 17.6 Å². The lowest BCUT2D eigenvalue weighted by molar-refractivity contribution is -0.120. The van der Waals surface area contributed by atoms with E-state index >= 15 is 0 Å². The van der Waals surface area contributed by atoms with E-state index in [0.29, 0.717) is 5.76 Å². The number of carbonyl (C=O) groups is 2. The van der Waals surface area contributed by atoms with Gasteiger partial charge in [-0.25, -0.2) is 18.2 Å². The summed E-state index contributed by atoms with van der Waals surface area (Å²) in [5, 5.41) is 5.16. The number of benzene rings is 2. The zero-order valence-corrected chi connectivity index (χ0v) is 18.5. The van der Waals surface area contributed by atoms with E-state index in [1.807, 2.05) is 0 Å². The van der Waals surface area contributed by atoms with Gasteiger partial charge in [-0.2, -0.15) is 0 Å². The normalized spacial score (nSPS) is 12.2. The highest BCUT2D eigenvalue weighted by molar-refractivity contribution is 6.05. The third-order valence-electron chi connectivity index (χ3n) is 5.40. The molecule has 7 nitrogen and oxygen atoms in total. The molecule has 0 saturated heterocycles. The number of nitrogens with one attached hydrogen (secondary N) is 2. The van der Waals surface area contributed by atoms with E-state index in [1.54, 1.807) is 20.8 Å². The van der Waals surface area contributed by atoms with Crippen LogP contribution in [0.1, 0.15) is 36.0 Å². The summed E-state index contributed by atoms with van der Waals surface area (Å²) in [6.45, 7) is 5.19. The average molecular weight is 470 g/mol. The Kier molecular flexibility index (Phi) is 6.14. The smallest absolute Gasteiger partial charge is 0.259 e. The summed E-state index contributed by atoms with van der Waals surface area (Å²) in [6, 6.07) is 6.35. The van der Waals surface area contributed by atoms with Crippen molar-refractivity contribution in [1.82, 2.24) is 9.55 Å². The van der Waals surface area contributed by atoms with Crippen molar-refractivity contribution in [3.8, 4) is 0 Å². The van der Waals surface area contributed by atoms with Crippen LogP contribution in [0.4, 0.5) is 24.5 Å². The third kappa shape index (κ3) is 4.39. The van der Waals surface area contributed by atoms with E-state index in [9.17, 15) is 22.8 Å². The molecule has 0 unspecified atom stereocenters. The third-order valence-corrected chi connectivity index (χ3v) is 5.40. The maximum Gasteiger partial charge on any atom is 0.259 e. The highest BCUT2D eigenvalue weighted by atomic mass is 19.2. The van der Waals surface area contributed by atoms with Crippen molar-refractivity contribution in [3.63, 3.8) is 0 Å². The van der Waals surface area contributed by atoms with Gasteiger partial charge in [-0.1, -0.05) is 13.8 Å². The molecule has 0 aliphatic carbocycles. The highest BCUT2D eigenvalue weighted by Crippen LogP contribution is 2.28. The lowest BCUT2D eigenvalue weighted by atomic mass is 10.0. The van der Waals surface area contributed by atoms with Gasteiger partial charge in [-0.15, -0.1) is 0 Å². The van der Waals surface area contributed by atoms with Crippen molar-refractivity contribution < 1.29 is 27.2 Å². The Balaban J connectivity index is 1.60. The van der Waals surface area contributed by atoms with Gasteiger partial charge >= 0.3 is 0 Å². The van der Waals surface area contributed by atoms with Crippen LogP contribution in [-0.2, 0) is 4.79 Å². The number of imidazole rings is 1. The van der Waals surface area contributed by atoms with Crippen LogP contribution < -0.4 is 10.6 Å². The summed E-state index contributed by atoms with van der Waals surface area (Å²) >= 11 is 0. The minimum absolute atomic E-state index is 0.130. The molecule has 2 amide bonds. The van der Waals surface area contributed by atoms with Gasteiger partial charge in [0.05, 0.1) is 34.9 Å². The standard InChI is InChI=1S/C24H21F3N4O3/c1-12(2)22(31-11-28-20-9-17(26)18(27)10-21(20)31)24(33)29-14-4-5-16(25)19(8-14)30-23(32)15-6-7-34-13(15)3/h4-12,22H,1-3H3,(H,29,33)(H,30,32)/t22-/m1/s1. The predicted molar refractivity (Wildman–Crippen MR) is 120 cm³/mol. The second-order valence-corrected chi connectivity index (χ2v) is 8.12. The Morgan fingerprint density at radius 3 is 2.41 bits per heavy atom. The molecule has 10 heteroatoms. The highest BCUT2D eigenvalue weighted by Gasteiger charge is 2.27. The minimum atomic E-state index is -1.05. The van der Waals surface area contributed by atoms with E-state index in [1.165, 1.54) is 35.4 Å². The van der Waals surface area contributed by atoms with Crippen molar-refractivity contribution in [1.29, 1.82) is 0 Å². The minimum Gasteiger partial charge on any atom is -0.469 e. The number of hydrogen-bond acceptors (Lipinski definition) is 4. The van der Waals surface area contributed by atoms with E-state index in [-0.39, 0.29) is 33.9 Å². The lowest BCUT2D eigenvalue weighted by Gasteiger charge is -2.23. The van der Waals surface area contributed by atoms with Crippen LogP contribution in [0, 0.1) is 30.3 Å². The predicted octanol–water partition coefficient (Wildman–Crippen LogP) is 5.44. The SMILES string of the molecule is Cc1occc1C(=O)Nc1cc(NC(=O)[C@@H](C(C)C)n2cnc3cc(F)c(F)cc32)ccc1F. The molecule has 2 aromatic carbocycles. The van der Waals surface area contributed by atoms with Crippen molar-refractivity contribution in [3.05, 3.63) is 77.8 Å². The summed E-state index contributed by atoms with van der Waals surface area (Å²) in [5.74, 6) is -3.69. The topological polar surface area (TPSA) is 89.2 Å². The first-order chi connectivity index (χ1) is 16.2. The maximum atomic E-state index is 14.3. The van der Waals surface area contributed by atoms with Crippen molar-refractivity contribution in [2.75, 3.05) is 10.6 Å². The molecule has 0 spiro atoms. The van der Waals surface area contributed by atoms with Crippen LogP contribution in [0.2, 0.25) is 0 Å². The zero-order chi connectivity index (χ0) is 24.6. The second-order valence-electron chi connectivity index (χ2n) is 8.12. The molecule has 2 aromatic heterocycles. The number of carbonyl (C=O) groups excluding carboxylic acids is 2. The van der Waals surface area contributed by atoms with Gasteiger partial charge < -0.3 is 19.6 Å². The molecule has 0 saturated carbocycles. The van der Waals surface area contributed by atoms with Gasteiger partial charge in [0, 0.05) is 17.8 Å². The fourth-order valence-corrected chi connectivity index (χ4v) is 3.72.